The molecule has 0 bridgehead atoms. The highest BCUT2D eigenvalue weighted by molar-refractivity contribution is 5.94. The van der Waals surface area contributed by atoms with E-state index in [1.54, 1.807) is 6.92 Å². The average molecular weight is 340 g/mol. The fourth-order valence-electron chi connectivity index (χ4n) is 2.36. The van der Waals surface area contributed by atoms with Crippen LogP contribution in [0.25, 0.3) is 0 Å². The van der Waals surface area contributed by atoms with Crippen LogP contribution in [0.4, 0.5) is 5.69 Å². The van der Waals surface area contributed by atoms with E-state index < -0.39 is 0 Å². The second-order valence-electron chi connectivity index (χ2n) is 5.69. The number of carbonyl (C=O) groups is 1. The molecular weight excluding hydrogens is 306 g/mol. The van der Waals surface area contributed by atoms with Crippen molar-refractivity contribution in [3.8, 4) is 0 Å². The lowest BCUT2D eigenvalue weighted by molar-refractivity contribution is 0.101. The number of carbonyl (C=O) groups excluding carboxylic acids is 1. The Kier molecular flexibility index (Phi) is 10.9. The highest BCUT2D eigenvalue weighted by Gasteiger charge is 2.09. The minimum Gasteiger partial charge on any atom is -0.346 e. The molecule has 0 amide bonds. The first-order chi connectivity index (χ1) is 11.9. The Hall–Kier alpha value is -2.35. The van der Waals surface area contributed by atoms with Crippen LogP contribution in [0, 0.1) is 13.8 Å². The average Bonchev–Trinajstić information content (AvgIpc) is 2.59. The van der Waals surface area contributed by atoms with Gasteiger partial charge in [-0.15, -0.1) is 0 Å². The predicted molar refractivity (Wildman–Crippen MR) is 112 cm³/mol. The van der Waals surface area contributed by atoms with Crippen LogP contribution in [-0.2, 0) is 0 Å². The third-order valence-electron chi connectivity index (χ3n) is 3.61. The van der Waals surface area contributed by atoms with Gasteiger partial charge in [-0.25, -0.2) is 0 Å². The Bertz CT molecular complexity index is 659. The van der Waals surface area contributed by atoms with Gasteiger partial charge in [-0.05, 0) is 58.4 Å². The molecular formula is C23H33NO. The van der Waals surface area contributed by atoms with E-state index in [0.717, 1.165) is 29.1 Å². The van der Waals surface area contributed by atoms with Gasteiger partial charge < -0.3 is 4.90 Å². The van der Waals surface area contributed by atoms with Crippen LogP contribution in [-0.4, -0.2) is 12.3 Å². The van der Waals surface area contributed by atoms with Gasteiger partial charge in [0.05, 0.1) is 0 Å². The topological polar surface area (TPSA) is 20.3 Å². The minimum atomic E-state index is 0.105. The van der Waals surface area contributed by atoms with E-state index in [0.29, 0.717) is 0 Å². The summed E-state index contributed by atoms with van der Waals surface area (Å²) in [5, 5.41) is 0. The summed E-state index contributed by atoms with van der Waals surface area (Å²) in [7, 11) is 0. The zero-order valence-corrected chi connectivity index (χ0v) is 16.9. The van der Waals surface area contributed by atoms with E-state index >= 15 is 0 Å². The molecule has 0 heterocycles. The molecule has 0 aliphatic carbocycles. The molecule has 0 fully saturated rings. The lowest BCUT2D eigenvalue weighted by atomic mass is 10.1. The van der Waals surface area contributed by atoms with Gasteiger partial charge in [-0.1, -0.05) is 56.3 Å². The van der Waals surface area contributed by atoms with Crippen molar-refractivity contribution in [2.75, 3.05) is 11.4 Å². The van der Waals surface area contributed by atoms with Crippen molar-refractivity contribution in [2.45, 2.75) is 48.5 Å². The van der Waals surface area contributed by atoms with Gasteiger partial charge >= 0.3 is 0 Å². The van der Waals surface area contributed by atoms with Gasteiger partial charge in [-0.2, -0.15) is 0 Å². The summed E-state index contributed by atoms with van der Waals surface area (Å²) in [5.74, 6) is 0.105. The molecule has 0 aliphatic heterocycles. The minimum absolute atomic E-state index is 0.105. The Morgan fingerprint density at radius 2 is 1.56 bits per heavy atom. The summed E-state index contributed by atoms with van der Waals surface area (Å²) in [6, 6.07) is 16.1. The van der Waals surface area contributed by atoms with Gasteiger partial charge in [0.25, 0.3) is 0 Å². The van der Waals surface area contributed by atoms with Crippen molar-refractivity contribution in [1.29, 1.82) is 0 Å². The number of ketones is 1. The standard InChI is InChI=1S/C14H19NO.C7H8.C2H6/c1-6-15(10(2)3)14-8-7-13(12(5)16)9-11(14)4;1-7-5-3-2-4-6-7;1-2/h7-9H,2,6H2,1,3-5H3;2-6H,1H3;1-2H3. The zero-order chi connectivity index (χ0) is 19.4. The van der Waals surface area contributed by atoms with Crippen molar-refractivity contribution in [1.82, 2.24) is 0 Å². The number of allylic oxidation sites excluding steroid dienone is 1. The largest absolute Gasteiger partial charge is 0.346 e. The summed E-state index contributed by atoms with van der Waals surface area (Å²) < 4.78 is 0. The molecule has 0 N–H and O–H groups in total. The van der Waals surface area contributed by atoms with E-state index in [4.69, 9.17) is 0 Å². The van der Waals surface area contributed by atoms with Crippen LogP contribution < -0.4 is 4.90 Å². The molecule has 0 unspecified atom stereocenters. The first kappa shape index (κ1) is 22.7. The number of hydrogen-bond donors (Lipinski definition) is 0. The number of nitrogens with zero attached hydrogens (tertiary/aromatic N) is 1. The maximum Gasteiger partial charge on any atom is 0.159 e. The van der Waals surface area contributed by atoms with Crippen molar-refractivity contribution in [3.63, 3.8) is 0 Å². The molecule has 2 aromatic rings. The second-order valence-corrected chi connectivity index (χ2v) is 5.69. The highest BCUT2D eigenvalue weighted by Crippen LogP contribution is 2.24. The van der Waals surface area contributed by atoms with Gasteiger partial charge in [0, 0.05) is 23.5 Å². The molecule has 0 aliphatic rings. The quantitative estimate of drug-likeness (QED) is 0.586. The van der Waals surface area contributed by atoms with Gasteiger partial charge in [-0.3, -0.25) is 4.79 Å². The van der Waals surface area contributed by atoms with Crippen molar-refractivity contribution >= 4 is 11.5 Å². The highest BCUT2D eigenvalue weighted by atomic mass is 16.1. The van der Waals surface area contributed by atoms with Crippen LogP contribution in [0.2, 0.25) is 0 Å². The van der Waals surface area contributed by atoms with Crippen molar-refractivity contribution in [3.05, 3.63) is 77.5 Å². The number of anilines is 1. The van der Waals surface area contributed by atoms with Crippen molar-refractivity contribution < 1.29 is 4.79 Å². The summed E-state index contributed by atoms with van der Waals surface area (Å²) in [4.78, 5) is 13.4. The maximum absolute atomic E-state index is 11.3. The van der Waals surface area contributed by atoms with E-state index in [1.807, 2.05) is 64.1 Å². The molecule has 25 heavy (non-hydrogen) atoms. The number of Topliss-reactive ketones (excluding diaryl/α,β-unsaturated/α-hetero) is 1. The smallest absolute Gasteiger partial charge is 0.159 e. The molecule has 2 rings (SSSR count). The molecule has 0 aromatic heterocycles. The SMILES string of the molecule is C=C(C)N(CC)c1ccc(C(C)=O)cc1C.CC.Cc1ccccc1. The molecule has 2 heteroatoms. The monoisotopic (exact) mass is 339 g/mol. The molecule has 0 spiro atoms. The first-order valence-electron chi connectivity index (χ1n) is 8.93. The Morgan fingerprint density at radius 3 is 1.88 bits per heavy atom. The van der Waals surface area contributed by atoms with E-state index in [2.05, 4.69) is 37.5 Å². The zero-order valence-electron chi connectivity index (χ0n) is 16.9. The van der Waals surface area contributed by atoms with Gasteiger partial charge in [0.15, 0.2) is 5.78 Å². The Morgan fingerprint density at radius 1 is 1.00 bits per heavy atom. The first-order valence-corrected chi connectivity index (χ1v) is 8.93. The normalized spacial score (nSPS) is 9.08. The van der Waals surface area contributed by atoms with Gasteiger partial charge in [0.1, 0.15) is 0 Å². The molecule has 2 aromatic carbocycles. The number of benzene rings is 2. The van der Waals surface area contributed by atoms with Crippen molar-refractivity contribution in [2.24, 2.45) is 0 Å². The van der Waals surface area contributed by atoms with Crippen LogP contribution in [0.15, 0.2) is 60.8 Å². The number of rotatable bonds is 4. The summed E-state index contributed by atoms with van der Waals surface area (Å²) in [6.07, 6.45) is 0. The van der Waals surface area contributed by atoms with Gasteiger partial charge in [0.2, 0.25) is 0 Å². The third kappa shape index (κ3) is 7.84. The van der Waals surface area contributed by atoms with E-state index in [9.17, 15) is 4.79 Å². The van der Waals surface area contributed by atoms with Crippen LogP contribution >= 0.6 is 0 Å². The lowest BCUT2D eigenvalue weighted by Crippen LogP contribution is -2.20. The number of hydrogen-bond acceptors (Lipinski definition) is 2. The lowest BCUT2D eigenvalue weighted by Gasteiger charge is -2.25. The molecule has 0 atom stereocenters. The fraction of sp³-hybridized carbons (Fsp3) is 0.348. The molecule has 136 valence electrons. The molecule has 0 saturated carbocycles. The molecule has 0 saturated heterocycles. The van der Waals surface area contributed by atoms with Crippen LogP contribution in [0.1, 0.15) is 56.1 Å². The molecule has 0 radical (unpaired) electrons. The summed E-state index contributed by atoms with van der Waals surface area (Å²) in [5.41, 5.74) is 5.33. The molecule has 2 nitrogen and oxygen atoms in total. The van der Waals surface area contributed by atoms with E-state index in [1.165, 1.54) is 5.56 Å². The Balaban J connectivity index is 0.000000530. The second kappa shape index (κ2) is 12.1. The predicted octanol–water partition coefficient (Wildman–Crippen LogP) is 6.58. The summed E-state index contributed by atoms with van der Waals surface area (Å²) >= 11 is 0. The fourth-order valence-corrected chi connectivity index (χ4v) is 2.36. The maximum atomic E-state index is 11.3. The number of aryl methyl sites for hydroxylation is 2. The van der Waals surface area contributed by atoms with Crippen LogP contribution in [0.5, 0.6) is 0 Å². The van der Waals surface area contributed by atoms with E-state index in [-0.39, 0.29) is 5.78 Å². The third-order valence-corrected chi connectivity index (χ3v) is 3.61. The summed E-state index contributed by atoms with van der Waals surface area (Å²) in [6.45, 7) is 18.6. The van der Waals surface area contributed by atoms with Crippen LogP contribution in [0.3, 0.4) is 0 Å². The Labute approximate surface area is 154 Å².